The summed E-state index contributed by atoms with van der Waals surface area (Å²) in [6, 6.07) is 23.9. The molecule has 0 saturated heterocycles. The summed E-state index contributed by atoms with van der Waals surface area (Å²) in [6.07, 6.45) is 0. The standard InChI is InChI=1S/C21H14ClN5S2/c22-16-11-9-14(10-12-16)20-23-24-21(27(20)17-6-2-1-3-7-17)28-13-15-5-4-8-18-19(15)26-29-25-18/h1-12H,13H2. The molecule has 0 unspecified atom stereocenters. The van der Waals surface area contributed by atoms with E-state index in [0.29, 0.717) is 5.02 Å². The Morgan fingerprint density at radius 2 is 1.69 bits per heavy atom. The van der Waals surface area contributed by atoms with E-state index in [1.54, 1.807) is 11.8 Å². The minimum absolute atomic E-state index is 0.694. The number of aromatic nitrogens is 5. The fraction of sp³-hybridized carbons (Fsp3) is 0.0476. The summed E-state index contributed by atoms with van der Waals surface area (Å²) in [5.41, 5.74) is 4.99. The first-order valence-corrected chi connectivity index (χ1v) is 11.0. The van der Waals surface area contributed by atoms with Crippen LogP contribution in [0.3, 0.4) is 0 Å². The number of benzene rings is 3. The van der Waals surface area contributed by atoms with Gasteiger partial charge in [0.25, 0.3) is 0 Å². The highest BCUT2D eigenvalue weighted by Gasteiger charge is 2.17. The maximum Gasteiger partial charge on any atom is 0.196 e. The monoisotopic (exact) mass is 435 g/mol. The molecule has 5 rings (SSSR count). The molecular weight excluding hydrogens is 422 g/mol. The molecule has 0 aliphatic rings. The molecule has 142 valence electrons. The molecule has 29 heavy (non-hydrogen) atoms. The Balaban J connectivity index is 1.54. The van der Waals surface area contributed by atoms with Crippen LogP contribution in [0.4, 0.5) is 0 Å². The second kappa shape index (κ2) is 7.94. The summed E-state index contributed by atoms with van der Waals surface area (Å²) in [7, 11) is 0. The predicted octanol–water partition coefficient (Wildman–Crippen LogP) is 5.88. The van der Waals surface area contributed by atoms with Gasteiger partial charge in [0.1, 0.15) is 11.0 Å². The first kappa shape index (κ1) is 18.3. The molecule has 0 atom stereocenters. The van der Waals surface area contributed by atoms with Gasteiger partial charge in [-0.05, 0) is 48.0 Å². The Morgan fingerprint density at radius 1 is 0.862 bits per heavy atom. The zero-order valence-corrected chi connectivity index (χ0v) is 17.5. The van der Waals surface area contributed by atoms with E-state index in [4.69, 9.17) is 11.6 Å². The van der Waals surface area contributed by atoms with Gasteiger partial charge in [0.05, 0.1) is 11.7 Å². The van der Waals surface area contributed by atoms with Gasteiger partial charge in [-0.3, -0.25) is 4.57 Å². The van der Waals surface area contributed by atoms with Crippen LogP contribution in [0.2, 0.25) is 5.02 Å². The Morgan fingerprint density at radius 3 is 2.52 bits per heavy atom. The van der Waals surface area contributed by atoms with Gasteiger partial charge in [-0.15, -0.1) is 10.2 Å². The van der Waals surface area contributed by atoms with Gasteiger partial charge in [-0.1, -0.05) is 53.7 Å². The second-order valence-corrected chi connectivity index (χ2v) is 8.23. The topological polar surface area (TPSA) is 56.5 Å². The highest BCUT2D eigenvalue weighted by Crippen LogP contribution is 2.31. The van der Waals surface area contributed by atoms with Crippen molar-refractivity contribution >= 4 is 46.1 Å². The zero-order chi connectivity index (χ0) is 19.6. The summed E-state index contributed by atoms with van der Waals surface area (Å²) in [5.74, 6) is 1.51. The van der Waals surface area contributed by atoms with Gasteiger partial charge in [0, 0.05) is 22.0 Å². The number of halogens is 1. The molecule has 2 aromatic heterocycles. The van der Waals surface area contributed by atoms with Crippen LogP contribution in [0.15, 0.2) is 78.0 Å². The maximum absolute atomic E-state index is 6.06. The third-order valence-corrected chi connectivity index (χ3v) is 6.25. The lowest BCUT2D eigenvalue weighted by Gasteiger charge is -2.10. The number of rotatable bonds is 5. The molecule has 0 aliphatic carbocycles. The van der Waals surface area contributed by atoms with Crippen LogP contribution >= 0.6 is 35.1 Å². The maximum atomic E-state index is 6.06. The molecule has 0 fully saturated rings. The van der Waals surface area contributed by atoms with Gasteiger partial charge < -0.3 is 0 Å². The van der Waals surface area contributed by atoms with Crippen molar-refractivity contribution in [3.63, 3.8) is 0 Å². The summed E-state index contributed by atoms with van der Waals surface area (Å²) < 4.78 is 10.8. The fourth-order valence-electron chi connectivity index (χ4n) is 3.08. The lowest BCUT2D eigenvalue weighted by Crippen LogP contribution is -1.99. The lowest BCUT2D eigenvalue weighted by atomic mass is 10.2. The molecule has 2 heterocycles. The molecule has 0 radical (unpaired) electrons. The van der Waals surface area contributed by atoms with Crippen molar-refractivity contribution in [2.45, 2.75) is 10.9 Å². The SMILES string of the molecule is Clc1ccc(-c2nnc(SCc3cccc4nsnc34)n2-c2ccccc2)cc1. The largest absolute Gasteiger partial charge is 0.270 e. The molecule has 0 amide bonds. The number of para-hydroxylation sites is 1. The van der Waals surface area contributed by atoms with Crippen LogP contribution in [0, 0.1) is 0 Å². The van der Waals surface area contributed by atoms with E-state index < -0.39 is 0 Å². The molecule has 0 N–H and O–H groups in total. The lowest BCUT2D eigenvalue weighted by molar-refractivity contribution is 0.886. The van der Waals surface area contributed by atoms with Crippen molar-refractivity contribution in [3.8, 4) is 17.1 Å². The minimum Gasteiger partial charge on any atom is -0.270 e. The summed E-state index contributed by atoms with van der Waals surface area (Å²) in [5, 5.41) is 10.5. The van der Waals surface area contributed by atoms with Crippen molar-refractivity contribution in [1.29, 1.82) is 0 Å². The first-order valence-electron chi connectivity index (χ1n) is 8.89. The molecule has 3 aromatic carbocycles. The quantitative estimate of drug-likeness (QED) is 0.322. The number of thioether (sulfide) groups is 1. The van der Waals surface area contributed by atoms with Crippen LogP contribution in [0.5, 0.6) is 0 Å². The molecule has 0 saturated carbocycles. The summed E-state index contributed by atoms with van der Waals surface area (Å²) in [6.45, 7) is 0. The van der Waals surface area contributed by atoms with E-state index in [9.17, 15) is 0 Å². The fourth-order valence-corrected chi connectivity index (χ4v) is 4.71. The van der Waals surface area contributed by atoms with Crippen molar-refractivity contribution in [1.82, 2.24) is 23.5 Å². The summed E-state index contributed by atoms with van der Waals surface area (Å²) >= 11 is 8.93. The molecule has 5 nitrogen and oxygen atoms in total. The van der Waals surface area contributed by atoms with E-state index in [1.807, 2.05) is 54.6 Å². The molecule has 5 aromatic rings. The smallest absolute Gasteiger partial charge is 0.196 e. The van der Waals surface area contributed by atoms with Crippen molar-refractivity contribution < 1.29 is 0 Å². The normalized spacial score (nSPS) is 11.2. The van der Waals surface area contributed by atoms with Crippen LogP contribution in [0.1, 0.15) is 5.56 Å². The number of fused-ring (bicyclic) bond motifs is 1. The van der Waals surface area contributed by atoms with Crippen molar-refractivity contribution in [2.75, 3.05) is 0 Å². The van der Waals surface area contributed by atoms with Crippen LogP contribution < -0.4 is 0 Å². The van der Waals surface area contributed by atoms with Gasteiger partial charge in [0.2, 0.25) is 0 Å². The van der Waals surface area contributed by atoms with E-state index in [0.717, 1.165) is 44.6 Å². The van der Waals surface area contributed by atoms with Gasteiger partial charge in [-0.2, -0.15) is 8.75 Å². The van der Waals surface area contributed by atoms with E-state index in [-0.39, 0.29) is 0 Å². The Kier molecular flexibility index (Phi) is 5.01. The summed E-state index contributed by atoms with van der Waals surface area (Å²) in [4.78, 5) is 0. The van der Waals surface area contributed by atoms with Crippen LogP contribution in [-0.2, 0) is 5.75 Å². The van der Waals surface area contributed by atoms with Crippen LogP contribution in [-0.4, -0.2) is 23.5 Å². The van der Waals surface area contributed by atoms with E-state index in [2.05, 4.69) is 41.7 Å². The first-order chi connectivity index (χ1) is 14.3. The Bertz CT molecular complexity index is 1270. The predicted molar refractivity (Wildman–Crippen MR) is 119 cm³/mol. The highest BCUT2D eigenvalue weighted by atomic mass is 35.5. The van der Waals surface area contributed by atoms with Crippen LogP contribution in [0.25, 0.3) is 28.1 Å². The molecule has 8 heteroatoms. The molecular formula is C21H14ClN5S2. The van der Waals surface area contributed by atoms with Crippen molar-refractivity contribution in [3.05, 3.63) is 83.4 Å². The van der Waals surface area contributed by atoms with Gasteiger partial charge >= 0.3 is 0 Å². The Labute approximate surface area is 180 Å². The molecule has 0 spiro atoms. The van der Waals surface area contributed by atoms with Crippen molar-refractivity contribution in [2.24, 2.45) is 0 Å². The number of hydrogen-bond acceptors (Lipinski definition) is 6. The van der Waals surface area contributed by atoms with E-state index in [1.165, 1.54) is 11.7 Å². The third kappa shape index (κ3) is 3.64. The highest BCUT2D eigenvalue weighted by molar-refractivity contribution is 7.98. The number of hydrogen-bond donors (Lipinski definition) is 0. The molecule has 0 bridgehead atoms. The number of nitrogens with zero attached hydrogens (tertiary/aromatic N) is 5. The van der Waals surface area contributed by atoms with Gasteiger partial charge in [0.15, 0.2) is 11.0 Å². The third-order valence-electron chi connectivity index (χ3n) is 4.48. The average molecular weight is 436 g/mol. The van der Waals surface area contributed by atoms with E-state index >= 15 is 0 Å². The molecule has 0 aliphatic heterocycles. The minimum atomic E-state index is 0.694. The zero-order valence-electron chi connectivity index (χ0n) is 15.1. The average Bonchev–Trinajstić information content (AvgIpc) is 3.41. The van der Waals surface area contributed by atoms with Gasteiger partial charge in [-0.25, -0.2) is 0 Å². The second-order valence-electron chi connectivity index (χ2n) is 6.32. The Hall–Kier alpha value is -2.74.